The highest BCUT2D eigenvalue weighted by atomic mass is 19.1. The van der Waals surface area contributed by atoms with Gasteiger partial charge >= 0.3 is 0 Å². The fourth-order valence-corrected chi connectivity index (χ4v) is 2.33. The molecule has 5 nitrogen and oxygen atoms in total. The van der Waals surface area contributed by atoms with Crippen molar-refractivity contribution in [2.24, 2.45) is 0 Å². The quantitative estimate of drug-likeness (QED) is 0.924. The third kappa shape index (κ3) is 2.86. The first-order valence-corrected chi connectivity index (χ1v) is 6.75. The van der Waals surface area contributed by atoms with Gasteiger partial charge in [-0.3, -0.25) is 4.90 Å². The predicted octanol–water partition coefficient (Wildman–Crippen LogP) is 1.67. The van der Waals surface area contributed by atoms with Crippen molar-refractivity contribution in [3.63, 3.8) is 0 Å². The molecule has 1 aliphatic rings. The molecule has 0 bridgehead atoms. The maximum atomic E-state index is 12.9. The number of benzene rings is 1. The number of aromatic nitrogens is 2. The summed E-state index contributed by atoms with van der Waals surface area (Å²) in [6.45, 7) is 5.73. The highest BCUT2D eigenvalue weighted by Gasteiger charge is 2.20. The van der Waals surface area contributed by atoms with E-state index in [9.17, 15) is 4.39 Å². The molecule has 3 rings (SSSR count). The summed E-state index contributed by atoms with van der Waals surface area (Å²) in [5, 5.41) is 7.30. The summed E-state index contributed by atoms with van der Waals surface area (Å²) in [5.41, 5.74) is 0.759. The molecule has 0 saturated carbocycles. The van der Waals surface area contributed by atoms with Crippen LogP contribution in [-0.2, 0) is 6.54 Å². The van der Waals surface area contributed by atoms with Crippen molar-refractivity contribution in [2.45, 2.75) is 19.5 Å². The zero-order valence-corrected chi connectivity index (χ0v) is 11.3. The molecule has 0 amide bonds. The molecule has 6 heteroatoms. The van der Waals surface area contributed by atoms with Crippen LogP contribution in [0.1, 0.15) is 12.8 Å². The van der Waals surface area contributed by atoms with Crippen molar-refractivity contribution in [3.8, 4) is 11.4 Å². The van der Waals surface area contributed by atoms with Gasteiger partial charge in [-0.15, -0.1) is 0 Å². The van der Waals surface area contributed by atoms with Gasteiger partial charge in [0.25, 0.3) is 0 Å². The van der Waals surface area contributed by atoms with Gasteiger partial charge in [0.15, 0.2) is 0 Å². The van der Waals surface area contributed by atoms with Crippen molar-refractivity contribution in [1.29, 1.82) is 0 Å². The third-order valence-electron chi connectivity index (χ3n) is 3.55. The zero-order valence-electron chi connectivity index (χ0n) is 11.3. The number of rotatable bonds is 3. The van der Waals surface area contributed by atoms with Crippen molar-refractivity contribution < 1.29 is 8.91 Å². The van der Waals surface area contributed by atoms with Crippen LogP contribution >= 0.6 is 0 Å². The SMILES string of the molecule is C[C@@H]1CNCCN1Cc1nc(-c2ccc(F)cc2)no1. The second kappa shape index (κ2) is 5.68. The molecule has 1 aromatic heterocycles. The molecule has 1 N–H and O–H groups in total. The van der Waals surface area contributed by atoms with Gasteiger partial charge in [0, 0.05) is 31.2 Å². The minimum Gasteiger partial charge on any atom is -0.338 e. The van der Waals surface area contributed by atoms with E-state index in [0.29, 0.717) is 24.3 Å². The van der Waals surface area contributed by atoms with Gasteiger partial charge < -0.3 is 9.84 Å². The van der Waals surface area contributed by atoms with Gasteiger partial charge in [-0.1, -0.05) is 5.16 Å². The maximum absolute atomic E-state index is 12.9. The minimum atomic E-state index is -0.271. The van der Waals surface area contributed by atoms with Crippen molar-refractivity contribution >= 4 is 0 Å². The lowest BCUT2D eigenvalue weighted by Gasteiger charge is -2.32. The van der Waals surface area contributed by atoms with Crippen LogP contribution in [0.5, 0.6) is 0 Å². The molecule has 1 saturated heterocycles. The fourth-order valence-electron chi connectivity index (χ4n) is 2.33. The van der Waals surface area contributed by atoms with Gasteiger partial charge in [0.1, 0.15) is 5.82 Å². The molecule has 0 aliphatic carbocycles. The summed E-state index contributed by atoms with van der Waals surface area (Å²) in [4.78, 5) is 6.68. The van der Waals surface area contributed by atoms with Crippen LogP contribution in [0.3, 0.4) is 0 Å². The van der Waals surface area contributed by atoms with E-state index < -0.39 is 0 Å². The molecular weight excluding hydrogens is 259 g/mol. The van der Waals surface area contributed by atoms with Crippen LogP contribution in [0.4, 0.5) is 4.39 Å². The second-order valence-corrected chi connectivity index (χ2v) is 5.04. The number of halogens is 1. The fraction of sp³-hybridized carbons (Fsp3) is 0.429. The molecule has 1 fully saturated rings. The smallest absolute Gasteiger partial charge is 0.241 e. The summed E-state index contributed by atoms with van der Waals surface area (Å²) >= 11 is 0. The van der Waals surface area contributed by atoms with Crippen LogP contribution in [0, 0.1) is 5.82 Å². The Hall–Kier alpha value is -1.79. The summed E-state index contributed by atoms with van der Waals surface area (Å²) in [5.74, 6) is 0.827. The van der Waals surface area contributed by atoms with Crippen LogP contribution in [0.15, 0.2) is 28.8 Å². The maximum Gasteiger partial charge on any atom is 0.241 e. The van der Waals surface area contributed by atoms with Crippen molar-refractivity contribution in [1.82, 2.24) is 20.4 Å². The zero-order chi connectivity index (χ0) is 13.9. The number of hydrogen-bond donors (Lipinski definition) is 1. The molecule has 0 radical (unpaired) electrons. The van der Waals surface area contributed by atoms with Crippen molar-refractivity contribution in [3.05, 3.63) is 36.0 Å². The van der Waals surface area contributed by atoms with Gasteiger partial charge in [0.2, 0.25) is 11.7 Å². The lowest BCUT2D eigenvalue weighted by molar-refractivity contribution is 0.146. The minimum absolute atomic E-state index is 0.271. The molecule has 106 valence electrons. The molecule has 1 atom stereocenters. The Morgan fingerprint density at radius 2 is 2.20 bits per heavy atom. The van der Waals surface area contributed by atoms with E-state index in [-0.39, 0.29) is 5.82 Å². The first-order valence-electron chi connectivity index (χ1n) is 6.75. The predicted molar refractivity (Wildman–Crippen MR) is 72.4 cm³/mol. The van der Waals surface area contributed by atoms with Gasteiger partial charge in [-0.25, -0.2) is 4.39 Å². The molecule has 2 aromatic rings. The molecule has 1 aliphatic heterocycles. The number of nitrogens with zero attached hydrogens (tertiary/aromatic N) is 3. The van der Waals surface area contributed by atoms with Crippen LogP contribution in [0.2, 0.25) is 0 Å². The molecule has 0 spiro atoms. The molecular formula is C14H17FN4O. The Morgan fingerprint density at radius 1 is 1.40 bits per heavy atom. The van der Waals surface area contributed by atoms with E-state index in [4.69, 9.17) is 4.52 Å². The third-order valence-corrected chi connectivity index (χ3v) is 3.55. The van der Waals surface area contributed by atoms with E-state index in [2.05, 4.69) is 27.3 Å². The second-order valence-electron chi connectivity index (χ2n) is 5.04. The molecule has 2 heterocycles. The first kappa shape index (κ1) is 13.2. The monoisotopic (exact) mass is 276 g/mol. The normalized spacial score (nSPS) is 20.2. The molecule has 0 unspecified atom stereocenters. The van der Waals surface area contributed by atoms with E-state index in [1.165, 1.54) is 12.1 Å². The average Bonchev–Trinajstić information content (AvgIpc) is 2.91. The highest BCUT2D eigenvalue weighted by Crippen LogP contribution is 2.17. The Bertz CT molecular complexity index is 569. The van der Waals surface area contributed by atoms with Crippen LogP contribution in [-0.4, -0.2) is 40.7 Å². The van der Waals surface area contributed by atoms with E-state index >= 15 is 0 Å². The Labute approximate surface area is 116 Å². The van der Waals surface area contributed by atoms with Gasteiger partial charge in [-0.2, -0.15) is 4.98 Å². The first-order chi connectivity index (χ1) is 9.72. The number of piperazine rings is 1. The lowest BCUT2D eigenvalue weighted by atomic mass is 10.2. The summed E-state index contributed by atoms with van der Waals surface area (Å²) in [7, 11) is 0. The number of hydrogen-bond acceptors (Lipinski definition) is 5. The molecule has 20 heavy (non-hydrogen) atoms. The van der Waals surface area contributed by atoms with Crippen molar-refractivity contribution in [2.75, 3.05) is 19.6 Å². The summed E-state index contributed by atoms with van der Waals surface area (Å²) in [6.07, 6.45) is 0. The Kier molecular flexibility index (Phi) is 3.75. The van der Waals surface area contributed by atoms with E-state index in [1.54, 1.807) is 12.1 Å². The highest BCUT2D eigenvalue weighted by molar-refractivity contribution is 5.53. The van der Waals surface area contributed by atoms with Crippen LogP contribution < -0.4 is 5.32 Å². The lowest BCUT2D eigenvalue weighted by Crippen LogP contribution is -2.49. The van der Waals surface area contributed by atoms with Crippen LogP contribution in [0.25, 0.3) is 11.4 Å². The molecule has 1 aromatic carbocycles. The van der Waals surface area contributed by atoms with E-state index in [0.717, 1.165) is 25.2 Å². The Balaban J connectivity index is 1.71. The summed E-state index contributed by atoms with van der Waals surface area (Å²) in [6, 6.07) is 6.53. The number of nitrogens with one attached hydrogen (secondary N) is 1. The van der Waals surface area contributed by atoms with Gasteiger partial charge in [-0.05, 0) is 31.2 Å². The summed E-state index contributed by atoms with van der Waals surface area (Å²) < 4.78 is 18.2. The Morgan fingerprint density at radius 3 is 2.95 bits per heavy atom. The van der Waals surface area contributed by atoms with Gasteiger partial charge in [0.05, 0.1) is 6.54 Å². The van der Waals surface area contributed by atoms with E-state index in [1.807, 2.05) is 0 Å². The average molecular weight is 276 g/mol. The largest absolute Gasteiger partial charge is 0.338 e. The standard InChI is InChI=1S/C14H17FN4O/c1-10-8-16-6-7-19(10)9-13-17-14(18-20-13)11-2-4-12(15)5-3-11/h2-5,10,16H,6-9H2,1H3/t10-/m1/s1. The topological polar surface area (TPSA) is 54.2 Å².